The third-order valence-corrected chi connectivity index (χ3v) is 4.09. The molecule has 0 bridgehead atoms. The van der Waals surface area contributed by atoms with Crippen molar-refractivity contribution < 1.29 is 9.59 Å². The van der Waals surface area contributed by atoms with Crippen LogP contribution in [0, 0.1) is 6.92 Å². The fraction of sp³-hybridized carbons (Fsp3) is 0.588. The Labute approximate surface area is 137 Å². The Bertz CT molecular complexity index is 580. The zero-order chi connectivity index (χ0) is 17.0. The van der Waals surface area contributed by atoms with Crippen LogP contribution >= 0.6 is 0 Å². The Hall–Kier alpha value is -2.11. The van der Waals surface area contributed by atoms with E-state index < -0.39 is 0 Å². The predicted octanol–water partition coefficient (Wildman–Crippen LogP) is 1.63. The van der Waals surface area contributed by atoms with Crippen molar-refractivity contribution in [3.8, 4) is 0 Å². The van der Waals surface area contributed by atoms with Gasteiger partial charge in [0.05, 0.1) is 6.04 Å². The number of aromatic nitrogens is 1. The maximum absolute atomic E-state index is 12.0. The van der Waals surface area contributed by atoms with Crippen LogP contribution in [0.4, 0.5) is 4.79 Å². The van der Waals surface area contributed by atoms with E-state index in [9.17, 15) is 9.59 Å². The number of pyridine rings is 1. The van der Waals surface area contributed by atoms with Crippen LogP contribution in [0.5, 0.6) is 0 Å². The molecule has 0 spiro atoms. The summed E-state index contributed by atoms with van der Waals surface area (Å²) in [6.45, 7) is 9.15. The Morgan fingerprint density at radius 1 is 1.43 bits per heavy atom. The lowest BCUT2D eigenvalue weighted by molar-refractivity contribution is -0.131. The summed E-state index contributed by atoms with van der Waals surface area (Å²) in [5.41, 5.74) is 2.09. The van der Waals surface area contributed by atoms with Crippen LogP contribution in [0.1, 0.15) is 38.3 Å². The number of nitrogens with one attached hydrogen (secondary N) is 2. The molecule has 1 aromatic rings. The van der Waals surface area contributed by atoms with Crippen LogP contribution in [0.25, 0.3) is 0 Å². The summed E-state index contributed by atoms with van der Waals surface area (Å²) in [4.78, 5) is 29.8. The number of carbonyl (C=O) groups excluding carboxylic acids is 2. The molecule has 0 radical (unpaired) electrons. The molecule has 1 aromatic heterocycles. The number of urea groups is 1. The molecule has 2 N–H and O–H groups in total. The second-order valence-corrected chi connectivity index (χ2v) is 7.03. The molecule has 1 unspecified atom stereocenters. The van der Waals surface area contributed by atoms with Crippen molar-refractivity contribution in [2.24, 2.45) is 0 Å². The topological polar surface area (TPSA) is 74.3 Å². The molecular weight excluding hydrogens is 292 g/mol. The van der Waals surface area contributed by atoms with Crippen molar-refractivity contribution in [1.29, 1.82) is 0 Å². The van der Waals surface area contributed by atoms with Gasteiger partial charge < -0.3 is 15.5 Å². The third-order valence-electron chi connectivity index (χ3n) is 4.09. The van der Waals surface area contributed by atoms with Crippen molar-refractivity contribution in [1.82, 2.24) is 20.5 Å². The Kier molecular flexibility index (Phi) is 5.23. The molecule has 2 heterocycles. The number of carbonyl (C=O) groups is 2. The fourth-order valence-corrected chi connectivity index (χ4v) is 2.78. The lowest BCUT2D eigenvalue weighted by atomic mass is 10.1. The Morgan fingerprint density at radius 3 is 2.78 bits per heavy atom. The van der Waals surface area contributed by atoms with Crippen LogP contribution in [-0.4, -0.2) is 46.5 Å². The van der Waals surface area contributed by atoms with Crippen LogP contribution in [0.15, 0.2) is 18.5 Å². The fourth-order valence-electron chi connectivity index (χ4n) is 2.78. The van der Waals surface area contributed by atoms with E-state index >= 15 is 0 Å². The highest BCUT2D eigenvalue weighted by atomic mass is 16.2. The van der Waals surface area contributed by atoms with Crippen molar-refractivity contribution in [3.63, 3.8) is 0 Å². The smallest absolute Gasteiger partial charge is 0.315 e. The molecule has 1 fully saturated rings. The van der Waals surface area contributed by atoms with E-state index in [-0.39, 0.29) is 23.5 Å². The van der Waals surface area contributed by atoms with Gasteiger partial charge in [0.15, 0.2) is 0 Å². The summed E-state index contributed by atoms with van der Waals surface area (Å²) in [5, 5.41) is 5.74. The van der Waals surface area contributed by atoms with Crippen molar-refractivity contribution in [3.05, 3.63) is 29.6 Å². The highest BCUT2D eigenvalue weighted by Crippen LogP contribution is 2.21. The molecule has 126 valence electrons. The molecule has 1 aliphatic rings. The number of likely N-dealkylation sites (tertiary alicyclic amines) is 1. The number of nitrogens with zero attached hydrogens (tertiary/aromatic N) is 2. The zero-order valence-corrected chi connectivity index (χ0v) is 14.3. The van der Waals surface area contributed by atoms with E-state index in [1.165, 1.54) is 5.56 Å². The minimum absolute atomic E-state index is 0.0928. The zero-order valence-electron chi connectivity index (χ0n) is 14.3. The molecule has 0 aromatic carbocycles. The van der Waals surface area contributed by atoms with Crippen molar-refractivity contribution in [2.75, 3.05) is 13.1 Å². The van der Waals surface area contributed by atoms with Gasteiger partial charge in [0.1, 0.15) is 0 Å². The van der Waals surface area contributed by atoms with Crippen molar-refractivity contribution >= 4 is 11.9 Å². The molecule has 6 nitrogen and oxygen atoms in total. The lowest BCUT2D eigenvalue weighted by Crippen LogP contribution is -2.46. The van der Waals surface area contributed by atoms with Gasteiger partial charge in [0.25, 0.3) is 0 Å². The highest BCUT2D eigenvalue weighted by Gasteiger charge is 2.36. The monoisotopic (exact) mass is 318 g/mol. The predicted molar refractivity (Wildman–Crippen MR) is 89.1 cm³/mol. The van der Waals surface area contributed by atoms with E-state index in [0.717, 1.165) is 12.0 Å². The first-order valence-electron chi connectivity index (χ1n) is 8.01. The second kappa shape index (κ2) is 6.98. The van der Waals surface area contributed by atoms with Gasteiger partial charge in [0.2, 0.25) is 5.91 Å². The summed E-state index contributed by atoms with van der Waals surface area (Å²) in [6.07, 6.45) is 4.71. The Morgan fingerprint density at radius 2 is 2.17 bits per heavy atom. The minimum Gasteiger partial charge on any atom is -0.338 e. The molecule has 1 atom stereocenters. The van der Waals surface area contributed by atoms with Gasteiger partial charge in [-0.05, 0) is 51.3 Å². The van der Waals surface area contributed by atoms with Gasteiger partial charge in [-0.1, -0.05) is 0 Å². The molecule has 3 amide bonds. The first kappa shape index (κ1) is 17.2. The van der Waals surface area contributed by atoms with Gasteiger partial charge >= 0.3 is 6.03 Å². The molecule has 23 heavy (non-hydrogen) atoms. The summed E-state index contributed by atoms with van der Waals surface area (Å²) in [6, 6.07) is 1.63. The normalized spacial score (nSPS) is 18.2. The molecule has 1 saturated heterocycles. The van der Waals surface area contributed by atoms with Gasteiger partial charge in [-0.15, -0.1) is 0 Å². The van der Waals surface area contributed by atoms with Gasteiger partial charge in [-0.2, -0.15) is 0 Å². The molecule has 0 saturated carbocycles. The van der Waals surface area contributed by atoms with Crippen molar-refractivity contribution in [2.45, 2.75) is 52.1 Å². The molecule has 6 heteroatoms. The number of amides is 3. The van der Waals surface area contributed by atoms with E-state index in [1.807, 2.05) is 44.9 Å². The average molecular weight is 318 g/mol. The van der Waals surface area contributed by atoms with Gasteiger partial charge in [0, 0.05) is 37.4 Å². The van der Waals surface area contributed by atoms with Gasteiger partial charge in [-0.3, -0.25) is 9.78 Å². The average Bonchev–Trinajstić information content (AvgIpc) is 2.81. The summed E-state index contributed by atoms with van der Waals surface area (Å²) < 4.78 is 0. The Balaban J connectivity index is 1.76. The minimum atomic E-state index is -0.217. The van der Waals surface area contributed by atoms with E-state index in [1.54, 1.807) is 6.20 Å². The maximum atomic E-state index is 12.0. The van der Waals surface area contributed by atoms with Gasteiger partial charge in [-0.25, -0.2) is 4.79 Å². The van der Waals surface area contributed by atoms with E-state index in [4.69, 9.17) is 0 Å². The SMILES string of the molecule is Cc1cnccc1CCNC(=O)NC1CC(=O)N(C(C)(C)C)C1. The summed E-state index contributed by atoms with van der Waals surface area (Å²) >= 11 is 0. The number of rotatable bonds is 4. The molecule has 0 aliphatic carbocycles. The third kappa shape index (κ3) is 4.68. The van der Waals surface area contributed by atoms with E-state index in [2.05, 4.69) is 15.6 Å². The first-order chi connectivity index (χ1) is 10.8. The quantitative estimate of drug-likeness (QED) is 0.886. The highest BCUT2D eigenvalue weighted by molar-refractivity contribution is 5.82. The number of aryl methyl sites for hydroxylation is 1. The standard InChI is InChI=1S/C17H26N4O2/c1-12-10-18-7-5-13(12)6-8-19-16(23)20-14-9-15(22)21(11-14)17(2,3)4/h5,7,10,14H,6,8-9,11H2,1-4H3,(H2,19,20,23). The molecule has 1 aliphatic heterocycles. The number of hydrogen-bond acceptors (Lipinski definition) is 3. The molecule has 2 rings (SSSR count). The lowest BCUT2D eigenvalue weighted by Gasteiger charge is -2.32. The van der Waals surface area contributed by atoms with Crippen LogP contribution < -0.4 is 10.6 Å². The number of hydrogen-bond donors (Lipinski definition) is 2. The first-order valence-corrected chi connectivity index (χ1v) is 8.01. The molecular formula is C17H26N4O2. The van der Waals surface area contributed by atoms with Crippen LogP contribution in [-0.2, 0) is 11.2 Å². The second-order valence-electron chi connectivity index (χ2n) is 7.03. The maximum Gasteiger partial charge on any atom is 0.315 e. The van der Waals surface area contributed by atoms with E-state index in [0.29, 0.717) is 19.5 Å². The van der Waals surface area contributed by atoms with Crippen LogP contribution in [0.3, 0.4) is 0 Å². The largest absolute Gasteiger partial charge is 0.338 e. The summed E-state index contributed by atoms with van der Waals surface area (Å²) in [7, 11) is 0. The van der Waals surface area contributed by atoms with Crippen LogP contribution in [0.2, 0.25) is 0 Å². The summed E-state index contributed by atoms with van der Waals surface area (Å²) in [5.74, 6) is 0.0928.